The Labute approximate surface area is 200 Å². The number of aliphatic hydroxyl groups is 1. The third-order valence-corrected chi connectivity index (χ3v) is 7.16. The zero-order valence-electron chi connectivity index (χ0n) is 19.6. The topological polar surface area (TPSA) is 98.7 Å². The molecule has 0 bridgehead atoms. The molecule has 3 rings (SSSR count). The Morgan fingerprint density at radius 1 is 1.15 bits per heavy atom. The number of anilines is 1. The number of aliphatic hydroxyl groups excluding tert-OH is 1. The van der Waals surface area contributed by atoms with Crippen molar-refractivity contribution in [1.82, 2.24) is 10.2 Å². The molecule has 0 saturated carbocycles. The van der Waals surface area contributed by atoms with Crippen LogP contribution in [-0.4, -0.2) is 53.5 Å². The van der Waals surface area contributed by atoms with Crippen LogP contribution in [0.15, 0.2) is 36.4 Å². The highest BCUT2D eigenvalue weighted by atomic mass is 35.5. The highest BCUT2D eigenvalue weighted by Crippen LogP contribution is 2.46. The van der Waals surface area contributed by atoms with E-state index in [1.807, 2.05) is 32.9 Å². The van der Waals surface area contributed by atoms with Crippen molar-refractivity contribution in [3.63, 3.8) is 0 Å². The van der Waals surface area contributed by atoms with E-state index in [0.29, 0.717) is 10.7 Å². The Hall–Kier alpha value is -2.38. The molecule has 1 saturated heterocycles. The molecule has 1 aliphatic carbocycles. The number of hydrogen-bond acceptors (Lipinski definition) is 4. The van der Waals surface area contributed by atoms with Gasteiger partial charge in [0.1, 0.15) is 6.04 Å². The van der Waals surface area contributed by atoms with Crippen LogP contribution < -0.4 is 10.6 Å². The predicted octanol–water partition coefficient (Wildman–Crippen LogP) is 3.09. The lowest BCUT2D eigenvalue weighted by molar-refractivity contribution is -0.143. The summed E-state index contributed by atoms with van der Waals surface area (Å²) in [5, 5.41) is 16.3. The van der Waals surface area contributed by atoms with E-state index >= 15 is 0 Å². The van der Waals surface area contributed by atoms with Gasteiger partial charge < -0.3 is 20.6 Å². The first-order valence-electron chi connectivity index (χ1n) is 11.6. The first-order chi connectivity index (χ1) is 15.7. The number of hydrogen-bond donors (Lipinski definition) is 3. The number of halogens is 1. The normalized spacial score (nSPS) is 27.4. The summed E-state index contributed by atoms with van der Waals surface area (Å²) in [6.07, 6.45) is 5.58. The predicted molar refractivity (Wildman–Crippen MR) is 129 cm³/mol. The van der Waals surface area contributed by atoms with Crippen LogP contribution in [-0.2, 0) is 14.4 Å². The molecule has 0 radical (unpaired) electrons. The molecule has 1 aromatic carbocycles. The van der Waals surface area contributed by atoms with E-state index in [4.69, 9.17) is 11.6 Å². The molecule has 33 heavy (non-hydrogen) atoms. The summed E-state index contributed by atoms with van der Waals surface area (Å²) >= 11 is 5.96. The average Bonchev–Trinajstić information content (AvgIpc) is 3.07. The number of fused-ring (bicyclic) bond motifs is 1. The number of likely N-dealkylation sites (tertiary alicyclic amines) is 1. The van der Waals surface area contributed by atoms with Crippen molar-refractivity contribution in [2.45, 2.75) is 45.7 Å². The fraction of sp³-hybridized carbons (Fsp3) is 0.560. The molecule has 2 aliphatic rings. The quantitative estimate of drug-likeness (QED) is 0.503. The fourth-order valence-corrected chi connectivity index (χ4v) is 5.43. The zero-order valence-corrected chi connectivity index (χ0v) is 20.4. The van der Waals surface area contributed by atoms with E-state index in [9.17, 15) is 19.5 Å². The minimum Gasteiger partial charge on any atom is -0.394 e. The van der Waals surface area contributed by atoms with Crippen molar-refractivity contribution in [3.8, 4) is 0 Å². The van der Waals surface area contributed by atoms with Crippen LogP contribution in [0.2, 0.25) is 5.02 Å². The van der Waals surface area contributed by atoms with E-state index in [0.717, 1.165) is 12.8 Å². The maximum Gasteiger partial charge on any atom is 0.247 e. The molecule has 6 atom stereocenters. The highest BCUT2D eigenvalue weighted by molar-refractivity contribution is 6.30. The second-order valence-corrected chi connectivity index (χ2v) is 9.70. The number of allylic oxidation sites excluding steroid dienone is 1. The van der Waals surface area contributed by atoms with Gasteiger partial charge in [-0.1, -0.05) is 50.9 Å². The molecule has 3 amide bonds. The SMILES string of the molecule is CCC[C@@H]1C=C[C@H]2[C@H](C(=O)N([C@@H](CO)C(C)C)[C@@H]2C(=O)Nc2ccc(Cl)cc2)[C@@H]1C(=O)NC. The van der Waals surface area contributed by atoms with Gasteiger partial charge >= 0.3 is 0 Å². The second kappa shape index (κ2) is 10.7. The molecule has 1 aromatic rings. The summed E-state index contributed by atoms with van der Waals surface area (Å²) in [5.41, 5.74) is 0.567. The van der Waals surface area contributed by atoms with Gasteiger partial charge in [-0.25, -0.2) is 0 Å². The van der Waals surface area contributed by atoms with Crippen molar-refractivity contribution >= 4 is 35.0 Å². The Morgan fingerprint density at radius 2 is 1.82 bits per heavy atom. The first-order valence-corrected chi connectivity index (χ1v) is 12.0. The van der Waals surface area contributed by atoms with Gasteiger partial charge in [-0.05, 0) is 42.5 Å². The zero-order chi connectivity index (χ0) is 24.3. The first kappa shape index (κ1) is 25.2. The van der Waals surface area contributed by atoms with Crippen molar-refractivity contribution in [3.05, 3.63) is 41.4 Å². The van der Waals surface area contributed by atoms with Crippen molar-refractivity contribution < 1.29 is 19.5 Å². The molecule has 1 fully saturated rings. The third-order valence-electron chi connectivity index (χ3n) is 6.91. The van der Waals surface area contributed by atoms with Crippen LogP contribution in [0.25, 0.3) is 0 Å². The van der Waals surface area contributed by atoms with Gasteiger partial charge in [0, 0.05) is 23.7 Å². The van der Waals surface area contributed by atoms with Crippen LogP contribution in [0.4, 0.5) is 5.69 Å². The van der Waals surface area contributed by atoms with E-state index in [2.05, 4.69) is 10.6 Å². The van der Waals surface area contributed by atoms with Gasteiger partial charge in [0.25, 0.3) is 0 Å². The molecule has 0 spiro atoms. The highest BCUT2D eigenvalue weighted by Gasteiger charge is 2.58. The van der Waals surface area contributed by atoms with Crippen molar-refractivity contribution in [2.24, 2.45) is 29.6 Å². The van der Waals surface area contributed by atoms with E-state index < -0.39 is 29.8 Å². The van der Waals surface area contributed by atoms with E-state index in [1.54, 1.807) is 31.3 Å². The number of carbonyl (C=O) groups excluding carboxylic acids is 3. The third kappa shape index (κ3) is 4.94. The fourth-order valence-electron chi connectivity index (χ4n) is 5.30. The number of carbonyl (C=O) groups is 3. The lowest BCUT2D eigenvalue weighted by Gasteiger charge is -2.35. The summed E-state index contributed by atoms with van der Waals surface area (Å²) in [5.74, 6) is -2.60. The number of rotatable bonds is 8. The minimum absolute atomic E-state index is 0.0706. The Bertz CT molecular complexity index is 901. The molecule has 180 valence electrons. The van der Waals surface area contributed by atoms with Gasteiger partial charge in [0.15, 0.2) is 0 Å². The van der Waals surface area contributed by atoms with Crippen molar-refractivity contribution in [1.29, 1.82) is 0 Å². The van der Waals surface area contributed by atoms with Crippen LogP contribution in [0.1, 0.15) is 33.6 Å². The molecule has 0 unspecified atom stereocenters. The van der Waals surface area contributed by atoms with Crippen LogP contribution in [0.5, 0.6) is 0 Å². The van der Waals surface area contributed by atoms with Gasteiger partial charge in [-0.3, -0.25) is 14.4 Å². The lowest BCUT2D eigenvalue weighted by Crippen LogP contribution is -2.52. The summed E-state index contributed by atoms with van der Waals surface area (Å²) in [6.45, 7) is 5.61. The van der Waals surface area contributed by atoms with Crippen LogP contribution in [0, 0.1) is 29.6 Å². The largest absolute Gasteiger partial charge is 0.394 e. The molecule has 8 heteroatoms. The standard InChI is InChI=1S/C25H34ClN3O4/c1-5-6-15-7-12-18-21(20(15)23(31)27-4)25(33)29(19(13-30)14(2)3)22(18)24(32)28-17-10-8-16(26)9-11-17/h7-12,14-15,18-22,30H,5-6,13H2,1-4H3,(H,27,31)(H,28,32)/t15-,18+,19+,20-,21+,22+/m1/s1. The molecule has 3 N–H and O–H groups in total. The van der Waals surface area contributed by atoms with Crippen LogP contribution >= 0.6 is 11.6 Å². The minimum atomic E-state index is -0.830. The van der Waals surface area contributed by atoms with Gasteiger partial charge in [-0.2, -0.15) is 0 Å². The average molecular weight is 476 g/mol. The monoisotopic (exact) mass is 475 g/mol. The maximum atomic E-state index is 13.8. The number of nitrogens with one attached hydrogen (secondary N) is 2. The van der Waals surface area contributed by atoms with Crippen LogP contribution in [0.3, 0.4) is 0 Å². The summed E-state index contributed by atoms with van der Waals surface area (Å²) in [4.78, 5) is 41.9. The van der Waals surface area contributed by atoms with Gasteiger partial charge in [0.05, 0.1) is 24.5 Å². The summed E-state index contributed by atoms with van der Waals surface area (Å²) in [7, 11) is 1.57. The number of amides is 3. The Balaban J connectivity index is 2.04. The molecule has 7 nitrogen and oxygen atoms in total. The smallest absolute Gasteiger partial charge is 0.247 e. The molecule has 0 aromatic heterocycles. The number of benzene rings is 1. The maximum absolute atomic E-state index is 13.8. The Kier molecular flexibility index (Phi) is 8.19. The van der Waals surface area contributed by atoms with E-state index in [-0.39, 0.29) is 36.2 Å². The van der Waals surface area contributed by atoms with Gasteiger partial charge in [-0.15, -0.1) is 0 Å². The molecular weight excluding hydrogens is 442 g/mol. The summed E-state index contributed by atoms with van der Waals surface area (Å²) in [6, 6.07) is 5.40. The number of nitrogens with zero attached hydrogens (tertiary/aromatic N) is 1. The van der Waals surface area contributed by atoms with Gasteiger partial charge in [0.2, 0.25) is 17.7 Å². The second-order valence-electron chi connectivity index (χ2n) is 9.26. The molecular formula is C25H34ClN3O4. The molecule has 1 heterocycles. The molecule has 1 aliphatic heterocycles. The summed E-state index contributed by atoms with van der Waals surface area (Å²) < 4.78 is 0. The lowest BCUT2D eigenvalue weighted by atomic mass is 9.68. The van der Waals surface area contributed by atoms with Crippen molar-refractivity contribution in [2.75, 3.05) is 19.0 Å². The van der Waals surface area contributed by atoms with E-state index in [1.165, 1.54) is 4.90 Å². The Morgan fingerprint density at radius 3 is 2.36 bits per heavy atom.